The minimum absolute atomic E-state index is 0.0982. The average Bonchev–Trinajstić information content (AvgIpc) is 3.30. The van der Waals surface area contributed by atoms with E-state index in [-0.39, 0.29) is 31.2 Å². The first kappa shape index (κ1) is 19.4. The van der Waals surface area contributed by atoms with Crippen molar-refractivity contribution in [3.05, 3.63) is 18.2 Å². The summed E-state index contributed by atoms with van der Waals surface area (Å²) in [5, 5.41) is 4.24. The molecule has 1 aliphatic heterocycles. The molecule has 0 amide bonds. The number of aromatic nitrogens is 3. The Morgan fingerprint density at radius 2 is 2.07 bits per heavy atom. The fraction of sp³-hybridized carbons (Fsp3) is 0.500. The number of benzene rings is 1. The second kappa shape index (κ2) is 8.14. The van der Waals surface area contributed by atoms with Gasteiger partial charge in [0.05, 0.1) is 12.0 Å². The number of ether oxygens (including phenoxy) is 4. The number of fused-ring (bicyclic) bond motifs is 1. The first-order chi connectivity index (χ1) is 13.0. The molecule has 0 radical (unpaired) electrons. The van der Waals surface area contributed by atoms with Crippen molar-refractivity contribution < 1.29 is 23.7 Å². The molecule has 0 fully saturated rings. The van der Waals surface area contributed by atoms with Crippen LogP contribution >= 0.6 is 11.6 Å². The predicted octanol–water partition coefficient (Wildman–Crippen LogP) is 2.99. The molecule has 2 aromatic rings. The Bertz CT molecular complexity index is 821. The van der Waals surface area contributed by atoms with E-state index in [9.17, 15) is 4.79 Å². The molecule has 0 unspecified atom stereocenters. The van der Waals surface area contributed by atoms with Crippen LogP contribution in [0.25, 0.3) is 11.4 Å². The van der Waals surface area contributed by atoms with Gasteiger partial charge in [-0.2, -0.15) is 9.67 Å². The lowest BCUT2D eigenvalue weighted by Gasteiger charge is -2.19. The quantitative estimate of drug-likeness (QED) is 0.501. The Kier molecular flexibility index (Phi) is 5.86. The van der Waals surface area contributed by atoms with E-state index >= 15 is 0 Å². The van der Waals surface area contributed by atoms with E-state index in [0.717, 1.165) is 0 Å². The maximum atomic E-state index is 13.0. The van der Waals surface area contributed by atoms with Crippen LogP contribution < -0.4 is 14.2 Å². The lowest BCUT2D eigenvalue weighted by atomic mass is 9.95. The molecule has 146 valence electrons. The first-order valence-electron chi connectivity index (χ1n) is 8.64. The Balaban J connectivity index is 1.94. The van der Waals surface area contributed by atoms with Gasteiger partial charge in [0, 0.05) is 18.1 Å². The van der Waals surface area contributed by atoms with Crippen LogP contribution in [0.4, 0.5) is 0 Å². The molecule has 0 saturated carbocycles. The fourth-order valence-electron chi connectivity index (χ4n) is 2.40. The van der Waals surface area contributed by atoms with Crippen molar-refractivity contribution in [3.8, 4) is 28.9 Å². The van der Waals surface area contributed by atoms with Gasteiger partial charge in [-0.1, -0.05) is 0 Å². The molecule has 27 heavy (non-hydrogen) atoms. The summed E-state index contributed by atoms with van der Waals surface area (Å²) in [5.41, 5.74) is -0.159. The summed E-state index contributed by atoms with van der Waals surface area (Å²) in [6.45, 7) is 6.85. The van der Waals surface area contributed by atoms with Crippen LogP contribution in [0.15, 0.2) is 18.2 Å². The van der Waals surface area contributed by atoms with Gasteiger partial charge in [0.25, 0.3) is 5.91 Å². The van der Waals surface area contributed by atoms with Gasteiger partial charge >= 0.3 is 6.01 Å². The molecule has 0 atom stereocenters. The molecule has 1 aromatic heterocycles. The monoisotopic (exact) mass is 395 g/mol. The Labute approximate surface area is 162 Å². The summed E-state index contributed by atoms with van der Waals surface area (Å²) in [7, 11) is 0. The van der Waals surface area contributed by atoms with Gasteiger partial charge in [-0.25, -0.2) is 0 Å². The highest BCUT2D eigenvalue weighted by Crippen LogP contribution is 2.36. The van der Waals surface area contributed by atoms with Crippen molar-refractivity contribution in [2.75, 3.05) is 32.5 Å². The topological polar surface area (TPSA) is 84.7 Å². The number of alkyl halides is 1. The van der Waals surface area contributed by atoms with Crippen molar-refractivity contribution in [2.24, 2.45) is 5.41 Å². The van der Waals surface area contributed by atoms with E-state index in [4.69, 9.17) is 30.5 Å². The van der Waals surface area contributed by atoms with E-state index in [1.54, 1.807) is 32.0 Å². The highest BCUT2D eigenvalue weighted by molar-refractivity contribution is 6.20. The van der Waals surface area contributed by atoms with Gasteiger partial charge in [0.1, 0.15) is 6.61 Å². The molecule has 2 heterocycles. The van der Waals surface area contributed by atoms with E-state index in [1.807, 2.05) is 6.92 Å². The van der Waals surface area contributed by atoms with Crippen molar-refractivity contribution in [1.82, 2.24) is 14.8 Å². The van der Waals surface area contributed by atoms with Gasteiger partial charge in [-0.05, 0) is 39.0 Å². The summed E-state index contributed by atoms with van der Waals surface area (Å²) in [6.07, 6.45) is 0. The van der Waals surface area contributed by atoms with Crippen LogP contribution in [0.3, 0.4) is 0 Å². The third-order valence-corrected chi connectivity index (χ3v) is 4.65. The highest BCUT2D eigenvalue weighted by Gasteiger charge is 2.32. The molecule has 0 bridgehead atoms. The van der Waals surface area contributed by atoms with E-state index in [1.165, 1.54) is 4.68 Å². The normalized spacial score (nSPS) is 13.0. The second-order valence-electron chi connectivity index (χ2n) is 6.57. The number of hydrogen-bond donors (Lipinski definition) is 0. The Morgan fingerprint density at radius 1 is 1.30 bits per heavy atom. The van der Waals surface area contributed by atoms with E-state index < -0.39 is 5.41 Å². The van der Waals surface area contributed by atoms with Crippen molar-refractivity contribution in [1.29, 1.82) is 0 Å². The van der Waals surface area contributed by atoms with Crippen LogP contribution in [0.2, 0.25) is 0 Å². The molecular formula is C18H22ClN3O5. The maximum Gasteiger partial charge on any atom is 0.336 e. The number of carbonyl (C=O) groups excluding carboxylic acids is 1. The SMILES string of the molecule is CCOCCOc1nc(-c2ccc3c(c2)OCO3)n(C(=O)C(C)(C)CCl)n1. The summed E-state index contributed by atoms with van der Waals surface area (Å²) in [6, 6.07) is 5.41. The third-order valence-electron chi connectivity index (χ3n) is 3.99. The van der Waals surface area contributed by atoms with E-state index in [2.05, 4.69) is 10.1 Å². The first-order valence-corrected chi connectivity index (χ1v) is 9.18. The van der Waals surface area contributed by atoms with Crippen LogP contribution in [-0.4, -0.2) is 53.2 Å². The zero-order chi connectivity index (χ0) is 19.4. The van der Waals surface area contributed by atoms with E-state index in [0.29, 0.717) is 36.1 Å². The Hall–Kier alpha value is -2.32. The maximum absolute atomic E-state index is 13.0. The van der Waals surface area contributed by atoms with Gasteiger partial charge in [-0.3, -0.25) is 4.79 Å². The molecule has 0 spiro atoms. The zero-order valence-corrected chi connectivity index (χ0v) is 16.3. The summed E-state index contributed by atoms with van der Waals surface area (Å²) < 4.78 is 22.8. The standard InChI is InChI=1S/C18H22ClN3O5/c1-4-24-7-8-25-17-20-15(22(21-17)16(23)18(2,3)10-19)12-5-6-13-14(9-12)27-11-26-13/h5-6,9H,4,7-8,10-11H2,1-3H3. The largest absolute Gasteiger partial charge is 0.460 e. The number of nitrogens with zero attached hydrogens (tertiary/aromatic N) is 3. The lowest BCUT2D eigenvalue weighted by molar-refractivity contribution is 0.0750. The van der Waals surface area contributed by atoms with Crippen molar-refractivity contribution in [2.45, 2.75) is 20.8 Å². The van der Waals surface area contributed by atoms with Crippen LogP contribution in [-0.2, 0) is 4.74 Å². The molecule has 9 heteroatoms. The predicted molar refractivity (Wildman–Crippen MR) is 98.7 cm³/mol. The van der Waals surface area contributed by atoms with Crippen LogP contribution in [0.5, 0.6) is 17.5 Å². The van der Waals surface area contributed by atoms with Crippen LogP contribution in [0, 0.1) is 5.41 Å². The van der Waals surface area contributed by atoms with Gasteiger partial charge in [0.15, 0.2) is 17.3 Å². The highest BCUT2D eigenvalue weighted by atomic mass is 35.5. The molecular weight excluding hydrogens is 374 g/mol. The zero-order valence-electron chi connectivity index (χ0n) is 15.5. The van der Waals surface area contributed by atoms with Gasteiger partial charge < -0.3 is 18.9 Å². The summed E-state index contributed by atoms with van der Waals surface area (Å²) >= 11 is 5.97. The number of rotatable bonds is 8. The minimum atomic E-state index is -0.817. The minimum Gasteiger partial charge on any atom is -0.460 e. The molecule has 0 aliphatic carbocycles. The molecule has 0 saturated heterocycles. The molecule has 3 rings (SSSR count). The number of halogens is 1. The summed E-state index contributed by atoms with van der Waals surface area (Å²) in [5.74, 6) is 1.45. The molecule has 1 aliphatic rings. The second-order valence-corrected chi connectivity index (χ2v) is 6.83. The smallest absolute Gasteiger partial charge is 0.336 e. The molecule has 0 N–H and O–H groups in total. The van der Waals surface area contributed by atoms with Crippen LogP contribution in [0.1, 0.15) is 25.6 Å². The number of hydrogen-bond acceptors (Lipinski definition) is 7. The number of carbonyl (C=O) groups is 1. The lowest BCUT2D eigenvalue weighted by Crippen LogP contribution is -2.32. The summed E-state index contributed by atoms with van der Waals surface area (Å²) in [4.78, 5) is 17.3. The fourth-order valence-corrected chi connectivity index (χ4v) is 2.51. The molecule has 1 aromatic carbocycles. The average molecular weight is 396 g/mol. The van der Waals surface area contributed by atoms with Gasteiger partial charge in [-0.15, -0.1) is 16.7 Å². The Morgan fingerprint density at radius 3 is 2.81 bits per heavy atom. The van der Waals surface area contributed by atoms with Crippen molar-refractivity contribution in [3.63, 3.8) is 0 Å². The third kappa shape index (κ3) is 4.17. The van der Waals surface area contributed by atoms with Crippen molar-refractivity contribution >= 4 is 17.5 Å². The van der Waals surface area contributed by atoms with Gasteiger partial charge in [0.2, 0.25) is 6.79 Å². The molecule has 8 nitrogen and oxygen atoms in total.